The van der Waals surface area contributed by atoms with Crippen molar-refractivity contribution in [3.05, 3.63) is 57.6 Å². The largest absolute Gasteiger partial charge is 0.507 e. The Morgan fingerprint density at radius 3 is 1.80 bits per heavy atom. The molecule has 0 aromatic heterocycles. The van der Waals surface area contributed by atoms with E-state index in [2.05, 4.69) is 101 Å². The zero-order valence-electron chi connectivity index (χ0n) is 35.0. The molecule has 12 heteroatoms. The molecular formula is C44H66CoN5O6+. The van der Waals surface area contributed by atoms with Crippen molar-refractivity contribution >= 4 is 30.3 Å². The molecule has 0 spiro atoms. The van der Waals surface area contributed by atoms with Gasteiger partial charge in [-0.25, -0.2) is 9.59 Å². The zero-order valence-corrected chi connectivity index (χ0v) is 36.1. The van der Waals surface area contributed by atoms with E-state index in [1.807, 2.05) is 12.4 Å². The number of carboxylic acid groups (broad SMARTS) is 2. The number of nitrogens with one attached hydrogen (secondary N) is 1. The number of aliphatic carboxylic acids is 2. The fourth-order valence-corrected chi connectivity index (χ4v) is 7.45. The Labute approximate surface area is 344 Å². The second kappa shape index (κ2) is 19.5. The number of aliphatic imine (C=N–C) groups is 2. The van der Waals surface area contributed by atoms with E-state index >= 15 is 0 Å². The van der Waals surface area contributed by atoms with Gasteiger partial charge in [-0.15, -0.1) is 0 Å². The molecule has 56 heavy (non-hydrogen) atoms. The predicted molar refractivity (Wildman–Crippen MR) is 221 cm³/mol. The molecule has 1 aliphatic carbocycles. The van der Waals surface area contributed by atoms with Gasteiger partial charge in [-0.1, -0.05) is 87.3 Å². The molecule has 0 unspecified atom stereocenters. The Morgan fingerprint density at radius 1 is 0.768 bits per heavy atom. The third-order valence-corrected chi connectivity index (χ3v) is 10.8. The number of carboxylic acids is 2. The average Bonchev–Trinajstić information content (AvgIpc) is 3.10. The number of rotatable bonds is 8. The summed E-state index contributed by atoms with van der Waals surface area (Å²) in [6.07, 6.45) is 12.2. The van der Waals surface area contributed by atoms with Crippen LogP contribution in [-0.4, -0.2) is 105 Å². The van der Waals surface area contributed by atoms with E-state index in [1.165, 1.54) is 29.9 Å². The minimum Gasteiger partial charge on any atom is -0.507 e. The van der Waals surface area contributed by atoms with Gasteiger partial charge in [0.15, 0.2) is 0 Å². The number of guanidine groups is 1. The van der Waals surface area contributed by atoms with E-state index in [-0.39, 0.29) is 45.1 Å². The first kappa shape index (κ1) is 46.5. The van der Waals surface area contributed by atoms with Crippen LogP contribution in [0.1, 0.15) is 141 Å². The minimum absolute atomic E-state index is 0. The van der Waals surface area contributed by atoms with Crippen LogP contribution in [-0.2, 0) is 49.0 Å². The zero-order chi connectivity index (χ0) is 40.7. The van der Waals surface area contributed by atoms with Crippen molar-refractivity contribution in [3.8, 4) is 11.5 Å². The van der Waals surface area contributed by atoms with Crippen LogP contribution in [0, 0.1) is 0 Å². The third-order valence-electron chi connectivity index (χ3n) is 10.8. The first-order valence-electron chi connectivity index (χ1n) is 20.0. The van der Waals surface area contributed by atoms with E-state index in [1.54, 1.807) is 0 Å². The van der Waals surface area contributed by atoms with Crippen molar-refractivity contribution < 1.29 is 51.4 Å². The Morgan fingerprint density at radius 2 is 1.29 bits per heavy atom. The summed E-state index contributed by atoms with van der Waals surface area (Å²) >= 11 is 0. The fraction of sp³-hybridized carbons (Fsp3) is 0.614. The monoisotopic (exact) mass is 819 g/mol. The van der Waals surface area contributed by atoms with Crippen molar-refractivity contribution in [2.45, 2.75) is 142 Å². The van der Waals surface area contributed by atoms with Gasteiger partial charge in [-0.3, -0.25) is 24.8 Å². The predicted octanol–water partition coefficient (Wildman–Crippen LogP) is 6.99. The molecule has 2 heterocycles. The summed E-state index contributed by atoms with van der Waals surface area (Å²) in [5, 5.41) is 41.3. The summed E-state index contributed by atoms with van der Waals surface area (Å²) in [7, 11) is 0. The molecular weight excluding hydrogens is 753 g/mol. The molecule has 0 saturated heterocycles. The maximum atomic E-state index is 11.6. The second-order valence-electron chi connectivity index (χ2n) is 18.4. The maximum absolute atomic E-state index is 11.6. The van der Waals surface area contributed by atoms with E-state index in [0.717, 1.165) is 93.5 Å². The van der Waals surface area contributed by atoms with Crippen molar-refractivity contribution in [1.29, 1.82) is 0 Å². The number of nitrogens with zero attached hydrogens (tertiary/aromatic N) is 4. The topological polar surface area (TPSA) is 158 Å². The van der Waals surface area contributed by atoms with Gasteiger partial charge >= 0.3 is 17.9 Å². The molecule has 0 bridgehead atoms. The first-order chi connectivity index (χ1) is 25.7. The van der Waals surface area contributed by atoms with E-state index in [9.17, 15) is 10.2 Å². The Balaban J connectivity index is 0.00000111. The van der Waals surface area contributed by atoms with Crippen molar-refractivity contribution in [1.82, 2.24) is 10.2 Å². The van der Waals surface area contributed by atoms with Crippen LogP contribution in [0.25, 0.3) is 0 Å². The third kappa shape index (κ3) is 12.5. The van der Waals surface area contributed by atoms with Crippen LogP contribution in [0.2, 0.25) is 0 Å². The van der Waals surface area contributed by atoms with Gasteiger partial charge in [0.25, 0.3) is 0 Å². The van der Waals surface area contributed by atoms with Crippen LogP contribution in [0.5, 0.6) is 11.5 Å². The number of hydrogen-bond donors (Lipinski definition) is 5. The van der Waals surface area contributed by atoms with Gasteiger partial charge < -0.3 is 20.4 Å². The Hall–Kier alpha value is -3.90. The number of hydrogen-bond acceptors (Lipinski definition) is 8. The molecule has 0 amide bonds. The van der Waals surface area contributed by atoms with Gasteiger partial charge in [0.05, 0.1) is 44.8 Å². The molecule has 2 aromatic rings. The Bertz CT molecular complexity index is 1770. The van der Waals surface area contributed by atoms with E-state index in [4.69, 9.17) is 29.8 Å². The minimum atomic E-state index is -1.82. The number of phenolic OH excluding ortho intramolecular Hbond substituents is 2. The molecule has 2 atom stereocenters. The molecule has 11 nitrogen and oxygen atoms in total. The van der Waals surface area contributed by atoms with Gasteiger partial charge in [-0.2, -0.15) is 0 Å². The second-order valence-corrected chi connectivity index (χ2v) is 18.4. The van der Waals surface area contributed by atoms with Crippen LogP contribution >= 0.6 is 0 Å². The summed E-state index contributed by atoms with van der Waals surface area (Å²) < 4.78 is 2.50. The van der Waals surface area contributed by atoms with Crippen molar-refractivity contribution in [2.24, 2.45) is 9.98 Å². The van der Waals surface area contributed by atoms with Crippen molar-refractivity contribution in [3.63, 3.8) is 0 Å². The van der Waals surface area contributed by atoms with Gasteiger partial charge in [-0.05, 0) is 70.8 Å². The summed E-state index contributed by atoms with van der Waals surface area (Å²) in [6, 6.07) is 8.64. The van der Waals surface area contributed by atoms with Gasteiger partial charge in [0, 0.05) is 58.7 Å². The number of aryl methyl sites for hydroxylation is 1. The molecule has 5 rings (SSSR count). The number of carbonyl (C=O) groups is 2. The van der Waals surface area contributed by atoms with Crippen molar-refractivity contribution in [2.75, 3.05) is 32.7 Å². The maximum Gasteiger partial charge on any atom is 0.414 e. The van der Waals surface area contributed by atoms with Gasteiger partial charge in [0.1, 0.15) is 11.5 Å². The molecule has 311 valence electrons. The van der Waals surface area contributed by atoms with Gasteiger partial charge in [0.2, 0.25) is 0 Å². The fourth-order valence-electron chi connectivity index (χ4n) is 7.45. The molecule has 5 N–H and O–H groups in total. The summed E-state index contributed by atoms with van der Waals surface area (Å²) in [4.78, 5) is 30.9. The summed E-state index contributed by atoms with van der Waals surface area (Å²) in [5.74, 6) is -1.67. The smallest absolute Gasteiger partial charge is 0.414 e. The summed E-state index contributed by atoms with van der Waals surface area (Å²) in [5.41, 5.74) is 5.67. The number of phenols is 2. The first-order valence-corrected chi connectivity index (χ1v) is 20.0. The SMILES string of the molecule is CC(C)(C)c1cc(C=N[C@H]2CCCC[C@@H]2N=Cc2cc(C(C)(C)C)cc(C(C)(C)C)c2O)c(O)c(CCCN2CCC[N+]3=C2NCCC3)c1.O=C(O)C(=O)O.[Co]. The van der Waals surface area contributed by atoms with Crippen LogP contribution in [0.3, 0.4) is 0 Å². The normalized spacial score (nSPS) is 19.2. The Kier molecular flexibility index (Phi) is 16.2. The van der Waals surface area contributed by atoms with Crippen LogP contribution < -0.4 is 5.32 Å². The van der Waals surface area contributed by atoms with E-state index < -0.39 is 11.9 Å². The standard InChI is InChI=1S/C42H63N5O2.C2H2O4.Co/c1-40(2,3)32-23-29(15-12-19-46-21-14-22-47-20-13-18-43-39(46)47)37(48)30(24-32)27-44-35-16-10-11-17-36(35)45-28-31-25-33(41(4,5)6)26-34(38(31)49)42(7,8)9;3-1(4)2(5)6;/h23-28,35-36H,10-22H2,1-9H3,(H2,44,45,48,49);(H,3,4)(H,5,6);/p+1/t35-,36-;;/m0../s1. The molecule has 1 fully saturated rings. The average molecular weight is 820 g/mol. The molecule has 1 radical (unpaired) electrons. The number of benzene rings is 2. The molecule has 2 aliphatic heterocycles. The number of aromatic hydroxyl groups is 2. The van der Waals surface area contributed by atoms with Crippen LogP contribution in [0.4, 0.5) is 0 Å². The quantitative estimate of drug-likeness (QED) is 0.108. The molecule has 2 aromatic carbocycles. The van der Waals surface area contributed by atoms with Crippen LogP contribution in [0.15, 0.2) is 34.3 Å². The molecule has 1 saturated carbocycles. The summed E-state index contributed by atoms with van der Waals surface area (Å²) in [6.45, 7) is 25.2. The van der Waals surface area contributed by atoms with E-state index in [0.29, 0.717) is 11.5 Å². The molecule has 3 aliphatic rings.